The molecular formula is C28H32N4O4S2. The number of hydrogen-bond acceptors (Lipinski definition) is 5. The SMILES string of the molecule is CCC(C)C(NS(=O)(=O)c1ccc(C(N)=S)cc1)C(=O)NCC(=O)NC(c1ccccc1)c1ccccc1. The highest BCUT2D eigenvalue weighted by Gasteiger charge is 2.30. The van der Waals surface area contributed by atoms with Crippen LogP contribution in [0.1, 0.15) is 43.0 Å². The average Bonchev–Trinajstić information content (AvgIpc) is 2.94. The lowest BCUT2D eigenvalue weighted by Gasteiger charge is -2.24. The van der Waals surface area contributed by atoms with Crippen LogP contribution in [0.3, 0.4) is 0 Å². The Hall–Kier alpha value is -3.60. The minimum absolute atomic E-state index is 0.0232. The van der Waals surface area contributed by atoms with E-state index in [1.165, 1.54) is 24.3 Å². The molecule has 0 heterocycles. The largest absolute Gasteiger partial charge is 0.389 e. The average molecular weight is 553 g/mol. The number of carbonyl (C=O) groups excluding carboxylic acids is 2. The number of thiocarbonyl (C=S) groups is 1. The zero-order valence-electron chi connectivity index (χ0n) is 21.3. The van der Waals surface area contributed by atoms with Gasteiger partial charge in [-0.05, 0) is 29.2 Å². The first-order chi connectivity index (χ1) is 18.1. The van der Waals surface area contributed by atoms with E-state index in [4.69, 9.17) is 18.0 Å². The van der Waals surface area contributed by atoms with Crippen LogP contribution in [0.2, 0.25) is 0 Å². The Balaban J connectivity index is 1.70. The van der Waals surface area contributed by atoms with Gasteiger partial charge < -0.3 is 16.4 Å². The minimum atomic E-state index is -4.03. The highest BCUT2D eigenvalue weighted by atomic mass is 32.2. The first kappa shape index (κ1) is 29.0. The van der Waals surface area contributed by atoms with Crippen LogP contribution in [0, 0.1) is 5.92 Å². The molecule has 2 unspecified atom stereocenters. The van der Waals surface area contributed by atoms with E-state index in [9.17, 15) is 18.0 Å². The van der Waals surface area contributed by atoms with Crippen LogP contribution in [0.15, 0.2) is 89.8 Å². The van der Waals surface area contributed by atoms with Gasteiger partial charge in [0.2, 0.25) is 21.8 Å². The second-order valence-corrected chi connectivity index (χ2v) is 11.1. The smallest absolute Gasteiger partial charge is 0.241 e. The fraction of sp³-hybridized carbons (Fsp3) is 0.250. The number of rotatable bonds is 12. The molecule has 3 aromatic rings. The Bertz CT molecular complexity index is 1310. The van der Waals surface area contributed by atoms with Gasteiger partial charge in [0, 0.05) is 5.56 Å². The van der Waals surface area contributed by atoms with Crippen molar-refractivity contribution in [2.24, 2.45) is 11.7 Å². The predicted octanol–water partition coefficient (Wildman–Crippen LogP) is 3.04. The summed E-state index contributed by atoms with van der Waals surface area (Å²) in [5, 5.41) is 5.56. The second-order valence-electron chi connectivity index (χ2n) is 8.91. The number of nitrogens with one attached hydrogen (secondary N) is 3. The normalized spacial score (nSPS) is 12.9. The summed E-state index contributed by atoms with van der Waals surface area (Å²) in [5.74, 6) is -1.32. The molecule has 0 saturated heterocycles. The predicted molar refractivity (Wildman–Crippen MR) is 152 cm³/mol. The fourth-order valence-corrected chi connectivity index (χ4v) is 5.28. The molecule has 2 amide bonds. The first-order valence-corrected chi connectivity index (χ1v) is 14.1. The molecule has 0 bridgehead atoms. The van der Waals surface area contributed by atoms with Crippen molar-refractivity contribution in [1.29, 1.82) is 0 Å². The molecular weight excluding hydrogens is 520 g/mol. The van der Waals surface area contributed by atoms with Crippen LogP contribution in [-0.2, 0) is 19.6 Å². The zero-order chi connectivity index (χ0) is 27.7. The van der Waals surface area contributed by atoms with Crippen LogP contribution in [0.25, 0.3) is 0 Å². The molecule has 0 fully saturated rings. The molecule has 38 heavy (non-hydrogen) atoms. The van der Waals surface area contributed by atoms with Crippen molar-refractivity contribution in [2.75, 3.05) is 6.54 Å². The van der Waals surface area contributed by atoms with Crippen LogP contribution < -0.4 is 21.1 Å². The van der Waals surface area contributed by atoms with Gasteiger partial charge in [0.05, 0.1) is 17.5 Å². The quantitative estimate of drug-likeness (QED) is 0.256. The number of benzene rings is 3. The summed E-state index contributed by atoms with van der Waals surface area (Å²) in [4.78, 5) is 26.1. The van der Waals surface area contributed by atoms with Crippen molar-refractivity contribution in [3.63, 3.8) is 0 Å². The Morgan fingerprint density at radius 3 is 1.89 bits per heavy atom. The maximum Gasteiger partial charge on any atom is 0.241 e. The van der Waals surface area contributed by atoms with Gasteiger partial charge in [-0.15, -0.1) is 0 Å². The summed E-state index contributed by atoms with van der Waals surface area (Å²) in [6.07, 6.45) is 0.539. The summed E-state index contributed by atoms with van der Waals surface area (Å²) >= 11 is 4.91. The molecule has 3 rings (SSSR count). The van der Waals surface area contributed by atoms with Gasteiger partial charge in [0.15, 0.2) is 0 Å². The van der Waals surface area contributed by atoms with Crippen LogP contribution in [0.5, 0.6) is 0 Å². The number of hydrogen-bond donors (Lipinski definition) is 4. The molecule has 0 radical (unpaired) electrons. The Morgan fingerprint density at radius 2 is 1.42 bits per heavy atom. The Labute approximate surface area is 229 Å². The van der Waals surface area contributed by atoms with E-state index in [0.717, 1.165) is 11.1 Å². The molecule has 2 atom stereocenters. The van der Waals surface area contributed by atoms with E-state index in [2.05, 4.69) is 15.4 Å². The molecule has 200 valence electrons. The summed E-state index contributed by atoms with van der Waals surface area (Å²) in [5.41, 5.74) is 7.91. The molecule has 10 heteroatoms. The summed E-state index contributed by atoms with van der Waals surface area (Å²) in [6, 6.07) is 23.3. The third-order valence-electron chi connectivity index (χ3n) is 6.22. The van der Waals surface area contributed by atoms with E-state index >= 15 is 0 Å². The van der Waals surface area contributed by atoms with E-state index in [0.29, 0.717) is 12.0 Å². The lowest BCUT2D eigenvalue weighted by atomic mass is 9.98. The lowest BCUT2D eigenvalue weighted by molar-refractivity contribution is -0.128. The van der Waals surface area contributed by atoms with Gasteiger partial charge in [-0.1, -0.05) is 105 Å². The van der Waals surface area contributed by atoms with Crippen molar-refractivity contribution < 1.29 is 18.0 Å². The van der Waals surface area contributed by atoms with Crippen molar-refractivity contribution in [1.82, 2.24) is 15.4 Å². The van der Waals surface area contributed by atoms with Gasteiger partial charge in [-0.3, -0.25) is 9.59 Å². The lowest BCUT2D eigenvalue weighted by Crippen LogP contribution is -2.52. The standard InChI is InChI=1S/C28H32N4O4S2/c1-3-19(2)25(32-38(35,36)23-16-14-22(15-17-23)27(29)37)28(34)30-18-24(33)31-26(20-10-6-4-7-11-20)21-12-8-5-9-13-21/h4-17,19,25-26,32H,3,18H2,1-2H3,(H2,29,37)(H,30,34)(H,31,33). The van der Waals surface area contributed by atoms with E-state index in [-0.39, 0.29) is 22.3 Å². The van der Waals surface area contributed by atoms with Crippen LogP contribution >= 0.6 is 12.2 Å². The molecule has 8 nitrogen and oxygen atoms in total. The molecule has 0 saturated carbocycles. The zero-order valence-corrected chi connectivity index (χ0v) is 22.9. The van der Waals surface area contributed by atoms with Gasteiger partial charge in [0.1, 0.15) is 11.0 Å². The third kappa shape index (κ3) is 7.70. The molecule has 0 aliphatic carbocycles. The highest BCUT2D eigenvalue weighted by molar-refractivity contribution is 7.89. The Morgan fingerprint density at radius 1 is 0.895 bits per heavy atom. The van der Waals surface area contributed by atoms with Crippen molar-refractivity contribution in [3.05, 3.63) is 102 Å². The van der Waals surface area contributed by atoms with Crippen LogP contribution in [0.4, 0.5) is 0 Å². The maximum atomic E-state index is 13.1. The van der Waals surface area contributed by atoms with Crippen molar-refractivity contribution in [2.45, 2.75) is 37.2 Å². The fourth-order valence-electron chi connectivity index (χ4n) is 3.84. The first-order valence-electron chi connectivity index (χ1n) is 12.2. The molecule has 5 N–H and O–H groups in total. The molecule has 0 spiro atoms. The van der Waals surface area contributed by atoms with Crippen molar-refractivity contribution >= 4 is 39.0 Å². The van der Waals surface area contributed by atoms with Gasteiger partial charge >= 0.3 is 0 Å². The molecule has 0 aromatic heterocycles. The second kappa shape index (κ2) is 13.3. The van der Waals surface area contributed by atoms with Gasteiger partial charge in [-0.25, -0.2) is 8.42 Å². The van der Waals surface area contributed by atoms with E-state index in [1.54, 1.807) is 6.92 Å². The number of carbonyl (C=O) groups is 2. The van der Waals surface area contributed by atoms with Crippen LogP contribution in [-0.4, -0.2) is 37.8 Å². The summed E-state index contributed by atoms with van der Waals surface area (Å²) in [6.45, 7) is 3.31. The molecule has 0 aliphatic rings. The van der Waals surface area contributed by atoms with E-state index < -0.39 is 33.9 Å². The third-order valence-corrected chi connectivity index (χ3v) is 7.91. The topological polar surface area (TPSA) is 130 Å². The Kier molecular flexibility index (Phi) is 10.1. The number of amides is 2. The minimum Gasteiger partial charge on any atom is -0.389 e. The van der Waals surface area contributed by atoms with E-state index in [1.807, 2.05) is 67.6 Å². The summed E-state index contributed by atoms with van der Waals surface area (Å²) < 4.78 is 28.5. The van der Waals surface area contributed by atoms with Crippen molar-refractivity contribution in [3.8, 4) is 0 Å². The van der Waals surface area contributed by atoms with Gasteiger partial charge in [0.25, 0.3) is 0 Å². The molecule has 0 aliphatic heterocycles. The maximum absolute atomic E-state index is 13.1. The number of sulfonamides is 1. The monoisotopic (exact) mass is 552 g/mol. The summed E-state index contributed by atoms with van der Waals surface area (Å²) in [7, 11) is -4.03. The molecule has 3 aromatic carbocycles. The highest BCUT2D eigenvalue weighted by Crippen LogP contribution is 2.21. The number of nitrogens with two attached hydrogens (primary N) is 1. The van der Waals surface area contributed by atoms with Gasteiger partial charge in [-0.2, -0.15) is 4.72 Å².